The van der Waals surface area contributed by atoms with E-state index in [-0.39, 0.29) is 17.5 Å². The fourth-order valence-electron chi connectivity index (χ4n) is 3.04. The van der Waals surface area contributed by atoms with E-state index in [2.05, 4.69) is 20.4 Å². The normalized spacial score (nSPS) is 14.2. The van der Waals surface area contributed by atoms with Gasteiger partial charge in [-0.3, -0.25) is 4.79 Å². The number of morpholine rings is 1. The van der Waals surface area contributed by atoms with Gasteiger partial charge in [-0.2, -0.15) is 0 Å². The number of thioether (sulfide) groups is 1. The molecule has 144 valence electrons. The lowest BCUT2D eigenvalue weighted by Gasteiger charge is -2.28. The molecule has 1 aliphatic heterocycles. The number of nitrogens with one attached hydrogen (secondary N) is 1. The first-order chi connectivity index (χ1) is 13.7. The summed E-state index contributed by atoms with van der Waals surface area (Å²) in [6.45, 7) is 2.92. The maximum atomic E-state index is 13.0. The van der Waals surface area contributed by atoms with E-state index in [1.807, 2.05) is 24.3 Å². The highest BCUT2D eigenvalue weighted by molar-refractivity contribution is 8.00. The molecule has 0 radical (unpaired) electrons. The summed E-state index contributed by atoms with van der Waals surface area (Å²) in [5, 5.41) is 14.3. The van der Waals surface area contributed by atoms with Crippen molar-refractivity contribution in [1.82, 2.24) is 10.2 Å². The molecule has 0 spiro atoms. The Morgan fingerprint density at radius 2 is 1.79 bits per heavy atom. The van der Waals surface area contributed by atoms with Gasteiger partial charge in [0, 0.05) is 29.5 Å². The van der Waals surface area contributed by atoms with Crippen LogP contribution in [0.4, 0.5) is 15.9 Å². The van der Waals surface area contributed by atoms with Crippen LogP contribution >= 0.6 is 11.8 Å². The minimum Gasteiger partial charge on any atom is -0.378 e. The van der Waals surface area contributed by atoms with Crippen molar-refractivity contribution < 1.29 is 13.9 Å². The fraction of sp³-hybridized carbons (Fsp3) is 0.250. The molecule has 1 N–H and O–H groups in total. The summed E-state index contributed by atoms with van der Waals surface area (Å²) in [7, 11) is 0. The van der Waals surface area contributed by atoms with E-state index in [1.165, 1.54) is 36.0 Å². The molecule has 28 heavy (non-hydrogen) atoms. The van der Waals surface area contributed by atoms with Gasteiger partial charge in [-0.15, -0.1) is 10.2 Å². The Morgan fingerprint density at radius 3 is 2.54 bits per heavy atom. The van der Waals surface area contributed by atoms with Gasteiger partial charge in [-0.1, -0.05) is 36.0 Å². The summed E-state index contributed by atoms with van der Waals surface area (Å²) >= 11 is 1.33. The maximum Gasteiger partial charge on any atom is 0.234 e. The van der Waals surface area contributed by atoms with Crippen LogP contribution in [0.2, 0.25) is 0 Å². The van der Waals surface area contributed by atoms with Crippen LogP contribution in [0.3, 0.4) is 0 Å². The SMILES string of the molecule is O=C(CSc1nnc(N2CCOCC2)c2ccccc12)Nc1ccc(F)cc1. The van der Waals surface area contributed by atoms with E-state index in [0.717, 1.165) is 29.7 Å². The van der Waals surface area contributed by atoms with Crippen molar-refractivity contribution in [1.29, 1.82) is 0 Å². The molecule has 6 nitrogen and oxygen atoms in total. The van der Waals surface area contributed by atoms with Crippen LogP contribution in [0, 0.1) is 5.82 Å². The number of hydrogen-bond donors (Lipinski definition) is 1. The van der Waals surface area contributed by atoms with Gasteiger partial charge in [0.2, 0.25) is 5.91 Å². The molecule has 0 saturated carbocycles. The van der Waals surface area contributed by atoms with Gasteiger partial charge in [0.15, 0.2) is 5.82 Å². The number of rotatable bonds is 5. The molecule has 4 rings (SSSR count). The van der Waals surface area contributed by atoms with Crippen LogP contribution in [-0.4, -0.2) is 48.2 Å². The zero-order valence-electron chi connectivity index (χ0n) is 15.1. The van der Waals surface area contributed by atoms with Gasteiger partial charge in [-0.25, -0.2) is 4.39 Å². The molecule has 8 heteroatoms. The molecule has 0 aliphatic carbocycles. The molecule has 1 fully saturated rings. The maximum absolute atomic E-state index is 13.0. The molecule has 3 aromatic rings. The lowest BCUT2D eigenvalue weighted by Crippen LogP contribution is -2.37. The average Bonchev–Trinajstić information content (AvgIpc) is 2.74. The third-order valence-corrected chi connectivity index (χ3v) is 5.39. The van der Waals surface area contributed by atoms with Gasteiger partial charge in [0.05, 0.1) is 19.0 Å². The van der Waals surface area contributed by atoms with Crippen molar-refractivity contribution in [2.75, 3.05) is 42.3 Å². The Hall–Kier alpha value is -2.71. The van der Waals surface area contributed by atoms with Gasteiger partial charge in [-0.05, 0) is 24.3 Å². The van der Waals surface area contributed by atoms with Crippen LogP contribution in [0.25, 0.3) is 10.8 Å². The monoisotopic (exact) mass is 398 g/mol. The first-order valence-electron chi connectivity index (χ1n) is 8.97. The van der Waals surface area contributed by atoms with E-state index < -0.39 is 0 Å². The lowest BCUT2D eigenvalue weighted by atomic mass is 10.2. The second-order valence-electron chi connectivity index (χ2n) is 6.32. The van der Waals surface area contributed by atoms with Crippen molar-refractivity contribution in [3.63, 3.8) is 0 Å². The second-order valence-corrected chi connectivity index (χ2v) is 7.28. The van der Waals surface area contributed by atoms with E-state index in [4.69, 9.17) is 4.74 Å². The van der Waals surface area contributed by atoms with Crippen LogP contribution in [-0.2, 0) is 9.53 Å². The van der Waals surface area contributed by atoms with Gasteiger partial charge in [0.25, 0.3) is 0 Å². The van der Waals surface area contributed by atoms with Gasteiger partial charge >= 0.3 is 0 Å². The largest absolute Gasteiger partial charge is 0.378 e. The molecule has 1 aliphatic rings. The highest BCUT2D eigenvalue weighted by atomic mass is 32.2. The summed E-state index contributed by atoms with van der Waals surface area (Å²) in [5.41, 5.74) is 0.561. The Kier molecular flexibility index (Phi) is 5.68. The van der Waals surface area contributed by atoms with Crippen LogP contribution in [0.5, 0.6) is 0 Å². The summed E-state index contributed by atoms with van der Waals surface area (Å²) in [6.07, 6.45) is 0. The standard InChI is InChI=1S/C20H19FN4O2S/c21-14-5-7-15(8-6-14)22-18(26)13-28-20-17-4-2-1-3-16(17)19(23-24-20)25-9-11-27-12-10-25/h1-8H,9-13H2,(H,22,26). The van der Waals surface area contributed by atoms with Gasteiger partial charge in [0.1, 0.15) is 10.8 Å². The number of aromatic nitrogens is 2. The number of amides is 1. The number of anilines is 2. The summed E-state index contributed by atoms with van der Waals surface area (Å²) in [6, 6.07) is 13.6. The number of ether oxygens (including phenoxy) is 1. The smallest absolute Gasteiger partial charge is 0.234 e. The number of carbonyl (C=O) groups excluding carboxylic acids is 1. The third kappa shape index (κ3) is 4.23. The van der Waals surface area contributed by atoms with E-state index >= 15 is 0 Å². The Labute approximate surface area is 166 Å². The minimum absolute atomic E-state index is 0.181. The first-order valence-corrected chi connectivity index (χ1v) is 9.95. The van der Waals surface area contributed by atoms with Crippen LogP contribution in [0.1, 0.15) is 0 Å². The number of nitrogens with zero attached hydrogens (tertiary/aromatic N) is 3. The summed E-state index contributed by atoms with van der Waals surface area (Å²) in [4.78, 5) is 14.4. The molecular formula is C20H19FN4O2S. The Bertz CT molecular complexity index is 978. The predicted molar refractivity (Wildman–Crippen MR) is 108 cm³/mol. The number of carbonyl (C=O) groups is 1. The highest BCUT2D eigenvalue weighted by Gasteiger charge is 2.18. The first kappa shape index (κ1) is 18.6. The lowest BCUT2D eigenvalue weighted by molar-refractivity contribution is -0.113. The second kappa shape index (κ2) is 8.53. The predicted octanol–water partition coefficient (Wildman–Crippen LogP) is 3.34. The Morgan fingerprint density at radius 1 is 1.07 bits per heavy atom. The zero-order chi connectivity index (χ0) is 19.3. The third-order valence-electron chi connectivity index (χ3n) is 4.41. The van der Waals surface area contributed by atoms with Crippen molar-refractivity contribution >= 4 is 39.9 Å². The number of halogens is 1. The van der Waals surface area contributed by atoms with E-state index in [1.54, 1.807) is 0 Å². The number of hydrogen-bond acceptors (Lipinski definition) is 6. The molecule has 2 heterocycles. The molecule has 2 aromatic carbocycles. The average molecular weight is 398 g/mol. The van der Waals surface area contributed by atoms with Crippen molar-refractivity contribution in [2.45, 2.75) is 5.03 Å². The summed E-state index contributed by atoms with van der Waals surface area (Å²) in [5.74, 6) is 0.515. The van der Waals surface area contributed by atoms with Crippen LogP contribution in [0.15, 0.2) is 53.6 Å². The number of fused-ring (bicyclic) bond motifs is 1. The zero-order valence-corrected chi connectivity index (χ0v) is 15.9. The fourth-order valence-corrected chi connectivity index (χ4v) is 3.82. The molecular weight excluding hydrogens is 379 g/mol. The highest BCUT2D eigenvalue weighted by Crippen LogP contribution is 2.31. The van der Waals surface area contributed by atoms with Crippen molar-refractivity contribution in [2.24, 2.45) is 0 Å². The summed E-state index contributed by atoms with van der Waals surface area (Å²) < 4.78 is 18.4. The molecule has 0 atom stereocenters. The van der Waals surface area contributed by atoms with Crippen molar-refractivity contribution in [3.05, 3.63) is 54.3 Å². The molecule has 1 aromatic heterocycles. The molecule has 0 bridgehead atoms. The quantitative estimate of drug-likeness (QED) is 0.665. The molecule has 0 unspecified atom stereocenters. The van der Waals surface area contributed by atoms with E-state index in [9.17, 15) is 9.18 Å². The van der Waals surface area contributed by atoms with Crippen molar-refractivity contribution in [3.8, 4) is 0 Å². The molecule has 1 amide bonds. The van der Waals surface area contributed by atoms with E-state index in [0.29, 0.717) is 23.9 Å². The number of benzene rings is 2. The van der Waals surface area contributed by atoms with Crippen LogP contribution < -0.4 is 10.2 Å². The Balaban J connectivity index is 1.49. The minimum atomic E-state index is -0.338. The van der Waals surface area contributed by atoms with Gasteiger partial charge < -0.3 is 15.0 Å². The molecule has 1 saturated heterocycles. The topological polar surface area (TPSA) is 67.4 Å².